The van der Waals surface area contributed by atoms with Gasteiger partial charge in [0.1, 0.15) is 12.4 Å². The predicted molar refractivity (Wildman–Crippen MR) is 89.4 cm³/mol. The number of rotatable bonds is 5. The van der Waals surface area contributed by atoms with Crippen molar-refractivity contribution in [1.29, 1.82) is 0 Å². The summed E-state index contributed by atoms with van der Waals surface area (Å²) in [6.45, 7) is 0.388. The van der Waals surface area contributed by atoms with Gasteiger partial charge in [0.05, 0.1) is 12.2 Å². The standard InChI is InChI=1S/C18H17FN2O4/c1-21(8-9-24-15-5-3-2-4-13(15)19)18(23)12-6-7-14-16(10-12)25-11-17(22)20-14/h2-7,10H,8-9,11H2,1H3,(H,20,22). The Morgan fingerprint density at radius 1 is 1.32 bits per heavy atom. The number of nitrogens with one attached hydrogen (secondary N) is 1. The maximum Gasteiger partial charge on any atom is 0.262 e. The normalized spacial score (nSPS) is 12.6. The van der Waals surface area contributed by atoms with Crippen LogP contribution in [-0.2, 0) is 4.79 Å². The molecule has 130 valence electrons. The SMILES string of the molecule is CN(CCOc1ccccc1F)C(=O)c1ccc2c(c1)OCC(=O)N2. The van der Waals surface area contributed by atoms with Crippen LogP contribution in [0.5, 0.6) is 11.5 Å². The second-order valence-corrected chi connectivity index (χ2v) is 5.55. The van der Waals surface area contributed by atoms with Crippen LogP contribution in [0.1, 0.15) is 10.4 Å². The minimum Gasteiger partial charge on any atom is -0.489 e. The minimum atomic E-state index is -0.439. The van der Waals surface area contributed by atoms with E-state index in [4.69, 9.17) is 9.47 Å². The smallest absolute Gasteiger partial charge is 0.262 e. The fraction of sp³-hybridized carbons (Fsp3) is 0.222. The molecule has 0 unspecified atom stereocenters. The number of hydrogen-bond acceptors (Lipinski definition) is 4. The van der Waals surface area contributed by atoms with Crippen LogP contribution in [0.4, 0.5) is 10.1 Å². The van der Waals surface area contributed by atoms with Crippen LogP contribution in [0, 0.1) is 5.82 Å². The second-order valence-electron chi connectivity index (χ2n) is 5.55. The van der Waals surface area contributed by atoms with Crippen LogP contribution in [0.3, 0.4) is 0 Å². The molecule has 1 heterocycles. The van der Waals surface area contributed by atoms with Gasteiger partial charge in [-0.2, -0.15) is 0 Å². The number of hydrogen-bond donors (Lipinski definition) is 1. The molecule has 25 heavy (non-hydrogen) atoms. The number of benzene rings is 2. The van der Waals surface area contributed by atoms with Crippen molar-refractivity contribution in [2.75, 3.05) is 32.1 Å². The first-order valence-electron chi connectivity index (χ1n) is 7.74. The largest absolute Gasteiger partial charge is 0.489 e. The highest BCUT2D eigenvalue weighted by molar-refractivity contribution is 5.98. The molecule has 1 N–H and O–H groups in total. The molecule has 0 aromatic heterocycles. The van der Waals surface area contributed by atoms with Gasteiger partial charge in [-0.05, 0) is 30.3 Å². The van der Waals surface area contributed by atoms with E-state index in [0.717, 1.165) is 0 Å². The molecule has 0 aliphatic carbocycles. The monoisotopic (exact) mass is 344 g/mol. The summed E-state index contributed by atoms with van der Waals surface area (Å²) < 4.78 is 24.1. The van der Waals surface area contributed by atoms with Gasteiger partial charge in [-0.1, -0.05) is 12.1 Å². The Bertz CT molecular complexity index is 809. The molecule has 1 aliphatic rings. The van der Waals surface area contributed by atoms with E-state index in [1.54, 1.807) is 37.4 Å². The number of carbonyl (C=O) groups excluding carboxylic acids is 2. The summed E-state index contributed by atoms with van der Waals surface area (Å²) in [4.78, 5) is 25.2. The number of halogens is 1. The van der Waals surface area contributed by atoms with Crippen LogP contribution in [0.2, 0.25) is 0 Å². The third-order valence-corrected chi connectivity index (χ3v) is 3.73. The maximum absolute atomic E-state index is 13.5. The number of nitrogens with zero attached hydrogens (tertiary/aromatic N) is 1. The topological polar surface area (TPSA) is 67.9 Å². The van der Waals surface area contributed by atoms with Crippen molar-refractivity contribution in [2.24, 2.45) is 0 Å². The molecular formula is C18H17FN2O4. The van der Waals surface area contributed by atoms with Gasteiger partial charge in [-0.3, -0.25) is 9.59 Å². The lowest BCUT2D eigenvalue weighted by Gasteiger charge is -2.21. The van der Waals surface area contributed by atoms with E-state index in [2.05, 4.69) is 5.32 Å². The highest BCUT2D eigenvalue weighted by Crippen LogP contribution is 2.28. The molecule has 3 rings (SSSR count). The van der Waals surface area contributed by atoms with Crippen molar-refractivity contribution >= 4 is 17.5 Å². The molecule has 1 aliphatic heterocycles. The Kier molecular flexibility index (Phi) is 4.83. The molecule has 6 nitrogen and oxygen atoms in total. The second kappa shape index (κ2) is 7.21. The zero-order valence-corrected chi connectivity index (χ0v) is 13.6. The van der Waals surface area contributed by atoms with Gasteiger partial charge in [-0.25, -0.2) is 4.39 Å². The number of anilines is 1. The van der Waals surface area contributed by atoms with E-state index in [-0.39, 0.29) is 30.8 Å². The molecule has 2 amide bonds. The summed E-state index contributed by atoms with van der Waals surface area (Å²) in [6.07, 6.45) is 0. The van der Waals surface area contributed by atoms with Gasteiger partial charge in [0.2, 0.25) is 0 Å². The molecule has 0 spiro atoms. The summed E-state index contributed by atoms with van der Waals surface area (Å²) in [5.74, 6) is -0.275. The van der Waals surface area contributed by atoms with Gasteiger partial charge >= 0.3 is 0 Å². The molecule has 2 aromatic carbocycles. The molecule has 0 atom stereocenters. The fourth-order valence-corrected chi connectivity index (χ4v) is 2.38. The number of amides is 2. The van der Waals surface area contributed by atoms with E-state index < -0.39 is 5.82 Å². The van der Waals surface area contributed by atoms with Gasteiger partial charge in [-0.15, -0.1) is 0 Å². The molecule has 7 heteroatoms. The summed E-state index contributed by atoms with van der Waals surface area (Å²) in [5, 5.41) is 2.67. The van der Waals surface area contributed by atoms with E-state index in [1.165, 1.54) is 17.0 Å². The van der Waals surface area contributed by atoms with Crippen LogP contribution in [0.15, 0.2) is 42.5 Å². The van der Waals surface area contributed by atoms with Crippen molar-refractivity contribution in [3.63, 3.8) is 0 Å². The first kappa shape index (κ1) is 16.8. The highest BCUT2D eigenvalue weighted by atomic mass is 19.1. The third kappa shape index (κ3) is 3.88. The van der Waals surface area contributed by atoms with Crippen molar-refractivity contribution in [3.8, 4) is 11.5 Å². The zero-order valence-electron chi connectivity index (χ0n) is 13.6. The summed E-state index contributed by atoms with van der Waals surface area (Å²) in [7, 11) is 1.63. The average molecular weight is 344 g/mol. The zero-order chi connectivity index (χ0) is 17.8. The number of likely N-dealkylation sites (N-methyl/N-ethyl adjacent to an activating group) is 1. The lowest BCUT2D eigenvalue weighted by molar-refractivity contribution is -0.118. The Hall–Kier alpha value is -3.09. The number of para-hydroxylation sites is 1. The van der Waals surface area contributed by atoms with Crippen molar-refractivity contribution in [3.05, 3.63) is 53.8 Å². The summed E-state index contributed by atoms with van der Waals surface area (Å²) in [6, 6.07) is 10.9. The quantitative estimate of drug-likeness (QED) is 0.904. The lowest BCUT2D eigenvalue weighted by atomic mass is 10.1. The Balaban J connectivity index is 1.59. The molecule has 0 radical (unpaired) electrons. The van der Waals surface area contributed by atoms with E-state index >= 15 is 0 Å². The maximum atomic E-state index is 13.5. The molecule has 2 aromatic rings. The van der Waals surface area contributed by atoms with Crippen molar-refractivity contribution in [2.45, 2.75) is 0 Å². The number of fused-ring (bicyclic) bond motifs is 1. The highest BCUT2D eigenvalue weighted by Gasteiger charge is 2.19. The van der Waals surface area contributed by atoms with E-state index in [0.29, 0.717) is 23.5 Å². The van der Waals surface area contributed by atoms with Crippen molar-refractivity contribution in [1.82, 2.24) is 4.90 Å². The number of carbonyl (C=O) groups is 2. The summed E-state index contributed by atoms with van der Waals surface area (Å²) in [5.41, 5.74) is 0.974. The minimum absolute atomic E-state index is 0.0725. The first-order valence-corrected chi connectivity index (χ1v) is 7.74. The molecule has 0 fully saturated rings. The van der Waals surface area contributed by atoms with Crippen LogP contribution >= 0.6 is 0 Å². The molecular weight excluding hydrogens is 327 g/mol. The predicted octanol–water partition coefficient (Wildman–Crippen LogP) is 2.31. The van der Waals surface area contributed by atoms with Crippen LogP contribution < -0.4 is 14.8 Å². The first-order chi connectivity index (χ1) is 12.0. The molecule has 0 saturated carbocycles. The van der Waals surface area contributed by atoms with Gasteiger partial charge < -0.3 is 19.7 Å². The summed E-state index contributed by atoms with van der Waals surface area (Å²) >= 11 is 0. The lowest BCUT2D eigenvalue weighted by Crippen LogP contribution is -2.31. The molecule has 0 saturated heterocycles. The van der Waals surface area contributed by atoms with Crippen LogP contribution in [0.25, 0.3) is 0 Å². The Morgan fingerprint density at radius 3 is 2.92 bits per heavy atom. The Morgan fingerprint density at radius 2 is 2.12 bits per heavy atom. The fourth-order valence-electron chi connectivity index (χ4n) is 2.38. The third-order valence-electron chi connectivity index (χ3n) is 3.73. The van der Waals surface area contributed by atoms with Gasteiger partial charge in [0.25, 0.3) is 11.8 Å². The number of ether oxygens (including phenoxy) is 2. The van der Waals surface area contributed by atoms with E-state index in [9.17, 15) is 14.0 Å². The average Bonchev–Trinajstić information content (AvgIpc) is 2.62. The van der Waals surface area contributed by atoms with E-state index in [1.807, 2.05) is 0 Å². The Labute approximate surface area is 144 Å². The molecule has 0 bridgehead atoms. The van der Waals surface area contributed by atoms with Gasteiger partial charge in [0.15, 0.2) is 18.2 Å². The van der Waals surface area contributed by atoms with Crippen LogP contribution in [-0.4, -0.2) is 43.5 Å². The van der Waals surface area contributed by atoms with Crippen molar-refractivity contribution < 1.29 is 23.5 Å². The van der Waals surface area contributed by atoms with Gasteiger partial charge in [0, 0.05) is 12.6 Å².